The number of amides is 1. The molecule has 88 valence electrons. The zero-order valence-corrected chi connectivity index (χ0v) is 10.6. The lowest BCUT2D eigenvalue weighted by Crippen LogP contribution is -2.28. The smallest absolute Gasteiger partial charge is 0.223 e. The number of rotatable bonds is 4. The van der Waals surface area contributed by atoms with Gasteiger partial charge in [-0.25, -0.2) is 0 Å². The summed E-state index contributed by atoms with van der Waals surface area (Å²) in [6, 6.07) is 6.37. The van der Waals surface area contributed by atoms with Crippen molar-refractivity contribution in [3.8, 4) is 0 Å². The molecule has 0 saturated heterocycles. The van der Waals surface area contributed by atoms with Crippen molar-refractivity contribution < 1.29 is 4.79 Å². The van der Waals surface area contributed by atoms with E-state index in [0.717, 1.165) is 6.42 Å². The van der Waals surface area contributed by atoms with E-state index in [-0.39, 0.29) is 11.8 Å². The highest BCUT2D eigenvalue weighted by molar-refractivity contribution is 5.78. The second-order valence-electron chi connectivity index (χ2n) is 4.52. The molecule has 0 aliphatic rings. The molecule has 1 aromatic rings. The molecule has 0 radical (unpaired) electrons. The lowest BCUT2D eigenvalue weighted by atomic mass is 10.1. The summed E-state index contributed by atoms with van der Waals surface area (Å²) in [5.74, 6) is 0.243. The van der Waals surface area contributed by atoms with E-state index in [2.05, 4.69) is 37.4 Å². The Labute approximate surface area is 98.1 Å². The highest BCUT2D eigenvalue weighted by atomic mass is 16.1. The molecule has 0 aliphatic heterocycles. The Morgan fingerprint density at radius 3 is 2.31 bits per heavy atom. The van der Waals surface area contributed by atoms with E-state index in [0.29, 0.717) is 6.54 Å². The minimum atomic E-state index is 0.103. The van der Waals surface area contributed by atoms with Gasteiger partial charge >= 0.3 is 0 Å². The second kappa shape index (κ2) is 5.69. The number of hydrogen-bond acceptors (Lipinski definition) is 1. The number of benzene rings is 1. The Hall–Kier alpha value is -1.31. The summed E-state index contributed by atoms with van der Waals surface area (Å²) in [5.41, 5.74) is 3.66. The minimum absolute atomic E-state index is 0.103. The van der Waals surface area contributed by atoms with Crippen LogP contribution in [-0.2, 0) is 11.3 Å². The van der Waals surface area contributed by atoms with Crippen LogP contribution in [0.15, 0.2) is 18.2 Å². The summed E-state index contributed by atoms with van der Waals surface area (Å²) in [6.07, 6.45) is 0.888. The van der Waals surface area contributed by atoms with Crippen molar-refractivity contribution in [2.24, 2.45) is 5.92 Å². The number of carbonyl (C=O) groups excluding carboxylic acids is 1. The molecule has 0 saturated carbocycles. The maximum Gasteiger partial charge on any atom is 0.223 e. The van der Waals surface area contributed by atoms with Crippen LogP contribution in [0.3, 0.4) is 0 Å². The largest absolute Gasteiger partial charge is 0.352 e. The lowest BCUT2D eigenvalue weighted by Gasteiger charge is -2.10. The SMILES string of the molecule is CCC(C)C(=O)NCc1cc(C)cc(C)c1. The van der Waals surface area contributed by atoms with Crippen molar-refractivity contribution in [2.45, 2.75) is 40.7 Å². The van der Waals surface area contributed by atoms with Gasteiger partial charge in [0.25, 0.3) is 0 Å². The maximum atomic E-state index is 11.6. The van der Waals surface area contributed by atoms with Crippen molar-refractivity contribution in [1.82, 2.24) is 5.32 Å². The summed E-state index contributed by atoms with van der Waals surface area (Å²) in [4.78, 5) is 11.6. The molecule has 1 N–H and O–H groups in total. The van der Waals surface area contributed by atoms with E-state index in [1.165, 1.54) is 16.7 Å². The molecule has 0 bridgehead atoms. The molecular weight excluding hydrogens is 198 g/mol. The normalized spacial score (nSPS) is 12.2. The van der Waals surface area contributed by atoms with Gasteiger partial charge < -0.3 is 5.32 Å². The third kappa shape index (κ3) is 3.69. The van der Waals surface area contributed by atoms with Crippen LogP contribution in [0.4, 0.5) is 0 Å². The summed E-state index contributed by atoms with van der Waals surface area (Å²) in [7, 11) is 0. The molecule has 2 heteroatoms. The highest BCUT2D eigenvalue weighted by Crippen LogP contribution is 2.09. The summed E-state index contributed by atoms with van der Waals surface area (Å²) < 4.78 is 0. The molecule has 1 unspecified atom stereocenters. The van der Waals surface area contributed by atoms with Gasteiger partial charge in [-0.15, -0.1) is 0 Å². The summed E-state index contributed by atoms with van der Waals surface area (Å²) in [5, 5.41) is 2.97. The third-order valence-electron chi connectivity index (χ3n) is 2.81. The third-order valence-corrected chi connectivity index (χ3v) is 2.81. The van der Waals surface area contributed by atoms with Crippen molar-refractivity contribution >= 4 is 5.91 Å². The molecule has 0 heterocycles. The molecule has 0 aromatic heterocycles. The minimum Gasteiger partial charge on any atom is -0.352 e. The predicted octanol–water partition coefficient (Wildman–Crippen LogP) is 2.97. The Morgan fingerprint density at radius 2 is 1.81 bits per heavy atom. The van der Waals surface area contributed by atoms with Crippen LogP contribution in [0.1, 0.15) is 37.0 Å². The van der Waals surface area contributed by atoms with E-state index < -0.39 is 0 Å². The van der Waals surface area contributed by atoms with Gasteiger partial charge in [-0.1, -0.05) is 43.2 Å². The standard InChI is InChI=1S/C14H21NO/c1-5-12(4)14(16)15-9-13-7-10(2)6-11(3)8-13/h6-8,12H,5,9H2,1-4H3,(H,15,16). The van der Waals surface area contributed by atoms with Gasteiger partial charge in [0.15, 0.2) is 0 Å². The van der Waals surface area contributed by atoms with Crippen LogP contribution in [0.5, 0.6) is 0 Å². The Balaban J connectivity index is 2.58. The van der Waals surface area contributed by atoms with Gasteiger partial charge in [-0.2, -0.15) is 0 Å². The quantitative estimate of drug-likeness (QED) is 0.828. The molecule has 1 amide bonds. The fraction of sp³-hybridized carbons (Fsp3) is 0.500. The first-order valence-electron chi connectivity index (χ1n) is 5.87. The Morgan fingerprint density at radius 1 is 1.25 bits per heavy atom. The van der Waals surface area contributed by atoms with Crippen LogP contribution in [-0.4, -0.2) is 5.91 Å². The van der Waals surface area contributed by atoms with Crippen molar-refractivity contribution in [3.05, 3.63) is 34.9 Å². The first-order chi connectivity index (χ1) is 7.52. The highest BCUT2D eigenvalue weighted by Gasteiger charge is 2.09. The topological polar surface area (TPSA) is 29.1 Å². The van der Waals surface area contributed by atoms with Crippen LogP contribution in [0.2, 0.25) is 0 Å². The molecule has 0 aliphatic carbocycles. The molecule has 1 aromatic carbocycles. The monoisotopic (exact) mass is 219 g/mol. The zero-order chi connectivity index (χ0) is 12.1. The van der Waals surface area contributed by atoms with E-state index in [1.54, 1.807) is 0 Å². The first kappa shape index (κ1) is 12.8. The molecule has 2 nitrogen and oxygen atoms in total. The molecule has 0 fully saturated rings. The maximum absolute atomic E-state index is 11.6. The number of aryl methyl sites for hydroxylation is 2. The zero-order valence-electron chi connectivity index (χ0n) is 10.6. The molecule has 16 heavy (non-hydrogen) atoms. The molecule has 0 spiro atoms. The van der Waals surface area contributed by atoms with Crippen molar-refractivity contribution in [1.29, 1.82) is 0 Å². The average Bonchev–Trinajstić information content (AvgIpc) is 2.23. The van der Waals surface area contributed by atoms with Gasteiger partial charge in [0.05, 0.1) is 0 Å². The number of carbonyl (C=O) groups is 1. The van der Waals surface area contributed by atoms with Gasteiger partial charge in [0.2, 0.25) is 5.91 Å². The first-order valence-corrected chi connectivity index (χ1v) is 5.87. The van der Waals surface area contributed by atoms with E-state index in [9.17, 15) is 4.79 Å². The number of hydrogen-bond donors (Lipinski definition) is 1. The summed E-state index contributed by atoms with van der Waals surface area (Å²) in [6.45, 7) is 8.77. The van der Waals surface area contributed by atoms with Gasteiger partial charge in [-0.05, 0) is 25.8 Å². The molecule has 1 rings (SSSR count). The number of nitrogens with one attached hydrogen (secondary N) is 1. The van der Waals surface area contributed by atoms with Crippen LogP contribution in [0, 0.1) is 19.8 Å². The molecular formula is C14H21NO. The molecule has 1 atom stereocenters. The van der Waals surface area contributed by atoms with E-state index >= 15 is 0 Å². The fourth-order valence-corrected chi connectivity index (χ4v) is 1.72. The second-order valence-corrected chi connectivity index (χ2v) is 4.52. The predicted molar refractivity (Wildman–Crippen MR) is 67.2 cm³/mol. The Kier molecular flexibility index (Phi) is 4.53. The van der Waals surface area contributed by atoms with E-state index in [4.69, 9.17) is 0 Å². The van der Waals surface area contributed by atoms with Crippen LogP contribution < -0.4 is 5.32 Å². The van der Waals surface area contributed by atoms with Gasteiger partial charge in [0, 0.05) is 12.5 Å². The van der Waals surface area contributed by atoms with Gasteiger partial charge in [0.1, 0.15) is 0 Å². The lowest BCUT2D eigenvalue weighted by molar-refractivity contribution is -0.124. The van der Waals surface area contributed by atoms with Crippen LogP contribution in [0.25, 0.3) is 0 Å². The van der Waals surface area contributed by atoms with Crippen molar-refractivity contribution in [2.75, 3.05) is 0 Å². The average molecular weight is 219 g/mol. The van der Waals surface area contributed by atoms with Gasteiger partial charge in [-0.3, -0.25) is 4.79 Å². The van der Waals surface area contributed by atoms with Crippen molar-refractivity contribution in [3.63, 3.8) is 0 Å². The fourth-order valence-electron chi connectivity index (χ4n) is 1.72. The van der Waals surface area contributed by atoms with Crippen LogP contribution >= 0.6 is 0 Å². The summed E-state index contributed by atoms with van der Waals surface area (Å²) >= 11 is 0. The Bertz CT molecular complexity index is 351. The van der Waals surface area contributed by atoms with E-state index in [1.807, 2.05) is 13.8 Å².